The van der Waals surface area contributed by atoms with Crippen molar-refractivity contribution in [3.63, 3.8) is 0 Å². The summed E-state index contributed by atoms with van der Waals surface area (Å²) in [6.45, 7) is 1.22. The van der Waals surface area contributed by atoms with Crippen LogP contribution in [0.15, 0.2) is 0 Å². The fraction of sp³-hybridized carbons (Fsp3) is 0.750. The second kappa shape index (κ2) is 8.21. The van der Waals surface area contributed by atoms with Gasteiger partial charge in [0.2, 0.25) is 5.91 Å². The second-order valence-corrected chi connectivity index (χ2v) is 3.34. The molecule has 0 spiro atoms. The van der Waals surface area contributed by atoms with Crippen molar-refractivity contribution in [3.05, 3.63) is 0 Å². The van der Waals surface area contributed by atoms with E-state index in [0.29, 0.717) is 0 Å². The Labute approximate surface area is 101 Å². The van der Waals surface area contributed by atoms with E-state index in [2.05, 4.69) is 5.32 Å². The van der Waals surface area contributed by atoms with Crippen molar-refractivity contribution in [2.24, 2.45) is 0 Å². The molecule has 70 valence electrons. The Bertz CT molecular complexity index is 213. The van der Waals surface area contributed by atoms with E-state index in [0.717, 1.165) is 0 Å². The van der Waals surface area contributed by atoms with E-state index in [1.807, 2.05) is 0 Å². The van der Waals surface area contributed by atoms with Crippen LogP contribution in [0.3, 0.4) is 0 Å². The van der Waals surface area contributed by atoms with Crippen LogP contribution >= 0.6 is 0 Å². The molecule has 0 aromatic rings. The molecule has 0 rings (SSSR count). The van der Waals surface area contributed by atoms with Gasteiger partial charge in [0.15, 0.2) is 0 Å². The molecule has 0 heterocycles. The number of hydrogen-bond acceptors (Lipinski definition) is 3. The van der Waals surface area contributed by atoms with Crippen LogP contribution < -0.4 is 5.32 Å². The van der Waals surface area contributed by atoms with Gasteiger partial charge in [-0.2, -0.15) is 8.42 Å². The molecule has 8 heteroatoms. The topological polar surface area (TPSA) is 115 Å². The predicted octanol–water partition coefficient (Wildman–Crippen LogP) is -2.20. The molecule has 0 atom stereocenters. The fourth-order valence-electron chi connectivity index (χ4n) is 0.356. The minimum absolute atomic E-state index is 0. The zero-order chi connectivity index (χ0) is 8.20. The third kappa shape index (κ3) is 16.9. The molecule has 2 radical (unpaired) electrons. The first-order valence-electron chi connectivity index (χ1n) is 2.61. The maximum absolute atomic E-state index is 10.1. The van der Waals surface area contributed by atoms with Crippen LogP contribution in [0.5, 0.6) is 0 Å². The average molecular weight is 225 g/mol. The molecule has 0 saturated heterocycles. The molecule has 12 heavy (non-hydrogen) atoms. The van der Waals surface area contributed by atoms with Gasteiger partial charge in [0.05, 0.1) is 5.75 Å². The molecule has 0 aromatic carbocycles. The van der Waals surface area contributed by atoms with Crippen molar-refractivity contribution >= 4 is 53.8 Å². The van der Waals surface area contributed by atoms with Crippen LogP contribution in [-0.2, 0) is 14.9 Å². The van der Waals surface area contributed by atoms with E-state index in [1.165, 1.54) is 6.92 Å². The third-order valence-corrected chi connectivity index (χ3v) is 1.45. The molecule has 4 N–H and O–H groups in total. The normalized spacial score (nSPS) is 9.17. The van der Waals surface area contributed by atoms with Gasteiger partial charge < -0.3 is 10.8 Å². The summed E-state index contributed by atoms with van der Waals surface area (Å²) >= 11 is 0. The zero-order valence-electron chi connectivity index (χ0n) is 6.70. The van der Waals surface area contributed by atoms with E-state index >= 15 is 0 Å². The van der Waals surface area contributed by atoms with Crippen molar-refractivity contribution in [2.45, 2.75) is 6.92 Å². The number of amides is 1. The number of carbonyl (C=O) groups is 1. The van der Waals surface area contributed by atoms with Crippen LogP contribution in [-0.4, -0.2) is 74.4 Å². The van der Waals surface area contributed by atoms with Gasteiger partial charge >= 0.3 is 0 Å². The monoisotopic (exact) mass is 225 g/mol. The van der Waals surface area contributed by atoms with Crippen LogP contribution in [0.1, 0.15) is 6.92 Å². The van der Waals surface area contributed by atoms with E-state index < -0.39 is 15.9 Å². The molecule has 0 aliphatic rings. The molecule has 0 saturated carbocycles. The summed E-state index contributed by atoms with van der Waals surface area (Å²) in [5.74, 6) is -0.754. The molecule has 0 bridgehead atoms. The largest absolute Gasteiger partial charge is 0.412 e. The molecular weight excluding hydrogens is 214 g/mol. The average Bonchev–Trinajstić information content (AvgIpc) is 1.59. The molecule has 0 aliphatic carbocycles. The van der Waals surface area contributed by atoms with Gasteiger partial charge in [-0.25, -0.2) is 0 Å². The predicted molar refractivity (Wildman–Crippen MR) is 44.5 cm³/mol. The van der Waals surface area contributed by atoms with Gasteiger partial charge in [0.1, 0.15) is 0 Å². The van der Waals surface area contributed by atoms with Crippen molar-refractivity contribution in [1.82, 2.24) is 5.32 Å². The maximum atomic E-state index is 10.1. The first-order chi connectivity index (χ1) is 4.42. The van der Waals surface area contributed by atoms with Crippen molar-refractivity contribution in [2.75, 3.05) is 12.3 Å². The minimum atomic E-state index is -3.93. The summed E-state index contributed by atoms with van der Waals surface area (Å²) in [5.41, 5.74) is 0. The van der Waals surface area contributed by atoms with Gasteiger partial charge in [-0.1, -0.05) is 0 Å². The number of carbonyl (C=O) groups excluding carboxylic acids is 1. The summed E-state index contributed by atoms with van der Waals surface area (Å²) in [4.78, 5) is 10.1. The molecular formula is C4H11CaNO5S. The molecule has 6 nitrogen and oxygen atoms in total. The number of nitrogens with one attached hydrogen (secondary N) is 1. The third-order valence-electron chi connectivity index (χ3n) is 0.734. The van der Waals surface area contributed by atoms with Crippen LogP contribution in [0.25, 0.3) is 0 Å². The fourth-order valence-corrected chi connectivity index (χ4v) is 0.716. The Balaban J connectivity index is -0.000000405. The first-order valence-corrected chi connectivity index (χ1v) is 4.22. The SMILES string of the molecule is CC(=O)NCCS(=O)(=O)O.O.[Ca]. The van der Waals surface area contributed by atoms with Crippen LogP contribution in [0.2, 0.25) is 0 Å². The van der Waals surface area contributed by atoms with Gasteiger partial charge in [-0.05, 0) is 0 Å². The zero-order valence-corrected chi connectivity index (χ0v) is 9.73. The van der Waals surface area contributed by atoms with E-state index in [9.17, 15) is 13.2 Å². The van der Waals surface area contributed by atoms with Crippen molar-refractivity contribution in [3.8, 4) is 0 Å². The molecule has 0 aromatic heterocycles. The van der Waals surface area contributed by atoms with Gasteiger partial charge in [0.25, 0.3) is 10.1 Å². The maximum Gasteiger partial charge on any atom is 0.266 e. The number of hydrogen-bond donors (Lipinski definition) is 2. The quantitative estimate of drug-likeness (QED) is 0.419. The molecule has 0 aliphatic heterocycles. The summed E-state index contributed by atoms with van der Waals surface area (Å²) in [7, 11) is -3.93. The van der Waals surface area contributed by atoms with Crippen LogP contribution in [0, 0.1) is 0 Å². The van der Waals surface area contributed by atoms with Crippen LogP contribution in [0.4, 0.5) is 0 Å². The summed E-state index contributed by atoms with van der Waals surface area (Å²) < 4.78 is 28.2. The summed E-state index contributed by atoms with van der Waals surface area (Å²) in [5, 5.41) is 2.22. The minimum Gasteiger partial charge on any atom is -0.412 e. The first kappa shape index (κ1) is 18.4. The van der Waals surface area contributed by atoms with E-state index in [4.69, 9.17) is 4.55 Å². The van der Waals surface area contributed by atoms with Gasteiger partial charge in [-0.3, -0.25) is 9.35 Å². The Morgan fingerprint density at radius 1 is 1.50 bits per heavy atom. The van der Waals surface area contributed by atoms with Crippen molar-refractivity contribution in [1.29, 1.82) is 0 Å². The van der Waals surface area contributed by atoms with Gasteiger partial charge in [0, 0.05) is 51.2 Å². The Kier molecular flexibility index (Phi) is 12.6. The molecule has 1 amide bonds. The summed E-state index contributed by atoms with van der Waals surface area (Å²) in [6, 6.07) is 0. The molecule has 0 fully saturated rings. The molecule has 0 unspecified atom stereocenters. The second-order valence-electron chi connectivity index (χ2n) is 1.77. The Hall–Kier alpha value is 0.600. The Morgan fingerprint density at radius 3 is 2.17 bits per heavy atom. The number of rotatable bonds is 3. The van der Waals surface area contributed by atoms with E-state index in [1.54, 1.807) is 0 Å². The Morgan fingerprint density at radius 2 is 1.92 bits per heavy atom. The van der Waals surface area contributed by atoms with E-state index in [-0.39, 0.29) is 55.7 Å². The standard InChI is InChI=1S/C4H9NO4S.Ca.H2O/c1-4(6)5-2-3-10(7,8)9;;/h2-3H2,1H3,(H,5,6)(H,7,8,9);;1H2. The van der Waals surface area contributed by atoms with Crippen molar-refractivity contribution < 1.29 is 23.2 Å². The van der Waals surface area contributed by atoms with Gasteiger partial charge in [-0.15, -0.1) is 0 Å². The smallest absolute Gasteiger partial charge is 0.266 e. The summed E-state index contributed by atoms with van der Waals surface area (Å²) in [6.07, 6.45) is 0.